The third-order valence-electron chi connectivity index (χ3n) is 3.80. The smallest absolute Gasteiger partial charge is 0.276 e. The lowest BCUT2D eigenvalue weighted by Gasteiger charge is -2.08. The maximum Gasteiger partial charge on any atom is 0.276 e. The van der Waals surface area contributed by atoms with Crippen molar-refractivity contribution in [3.8, 4) is 0 Å². The summed E-state index contributed by atoms with van der Waals surface area (Å²) >= 11 is 0. The van der Waals surface area contributed by atoms with E-state index in [1.807, 2.05) is 61.5 Å². The Balaban J connectivity index is 1.74. The molecule has 0 bridgehead atoms. The summed E-state index contributed by atoms with van der Waals surface area (Å²) in [6.45, 7) is 1.94. The van der Waals surface area contributed by atoms with Crippen molar-refractivity contribution in [2.45, 2.75) is 6.92 Å². The summed E-state index contributed by atoms with van der Waals surface area (Å²) in [6, 6.07) is 17.1. The number of nitrogens with zero attached hydrogens (tertiary/aromatic N) is 2. The summed E-state index contributed by atoms with van der Waals surface area (Å²) in [7, 11) is 0. The summed E-state index contributed by atoms with van der Waals surface area (Å²) in [6.07, 6.45) is 0. The van der Waals surface area contributed by atoms with Crippen LogP contribution >= 0.6 is 0 Å². The van der Waals surface area contributed by atoms with Gasteiger partial charge in [-0.1, -0.05) is 24.3 Å². The van der Waals surface area contributed by atoms with Gasteiger partial charge in [-0.15, -0.1) is 0 Å². The van der Waals surface area contributed by atoms with Gasteiger partial charge in [0.05, 0.1) is 16.7 Å². The highest BCUT2D eigenvalue weighted by Gasteiger charge is 2.15. The molecule has 0 radical (unpaired) electrons. The van der Waals surface area contributed by atoms with Gasteiger partial charge in [-0.3, -0.25) is 14.9 Å². The Labute approximate surface area is 132 Å². The van der Waals surface area contributed by atoms with E-state index in [0.29, 0.717) is 5.69 Å². The first-order valence-electron chi connectivity index (χ1n) is 7.33. The van der Waals surface area contributed by atoms with Crippen LogP contribution in [0.1, 0.15) is 16.2 Å². The number of aromatic nitrogens is 3. The topological polar surface area (TPSA) is 70.7 Å². The van der Waals surface area contributed by atoms with Crippen LogP contribution in [-0.4, -0.2) is 21.1 Å². The highest BCUT2D eigenvalue weighted by molar-refractivity contribution is 6.13. The maximum atomic E-state index is 12.6. The molecule has 0 unspecified atom stereocenters. The normalized spacial score (nSPS) is 11.0. The summed E-state index contributed by atoms with van der Waals surface area (Å²) in [5.74, 6) is -0.240. The summed E-state index contributed by atoms with van der Waals surface area (Å²) in [5, 5.41) is 11.7. The monoisotopic (exact) mass is 302 g/mol. The largest absolute Gasteiger partial charge is 0.320 e. The number of aryl methyl sites for hydroxylation is 1. The zero-order valence-corrected chi connectivity index (χ0v) is 12.5. The standard InChI is InChI=1S/C18H14N4O/c1-11-9-10-12-14(19-11)7-4-8-15(12)20-18(23)17-13-5-2-3-6-16(13)21-22-17/h2-10H,1H3,(H,20,23)(H,21,22). The third kappa shape index (κ3) is 2.32. The fourth-order valence-electron chi connectivity index (χ4n) is 2.68. The van der Waals surface area contributed by atoms with Gasteiger partial charge in [0.2, 0.25) is 0 Å². The van der Waals surface area contributed by atoms with Crippen LogP contribution in [0.2, 0.25) is 0 Å². The number of rotatable bonds is 2. The number of para-hydroxylation sites is 1. The van der Waals surface area contributed by atoms with Crippen LogP contribution < -0.4 is 5.32 Å². The second-order valence-electron chi connectivity index (χ2n) is 5.40. The van der Waals surface area contributed by atoms with Gasteiger partial charge in [0.15, 0.2) is 5.69 Å². The molecular formula is C18H14N4O. The molecule has 4 rings (SSSR count). The summed E-state index contributed by atoms with van der Waals surface area (Å²) in [4.78, 5) is 17.1. The van der Waals surface area contributed by atoms with Crippen molar-refractivity contribution >= 4 is 33.4 Å². The average molecular weight is 302 g/mol. The molecule has 5 heteroatoms. The number of nitrogens with one attached hydrogen (secondary N) is 2. The molecular weight excluding hydrogens is 288 g/mol. The molecule has 2 aromatic heterocycles. The Morgan fingerprint density at radius 1 is 1.00 bits per heavy atom. The van der Waals surface area contributed by atoms with Gasteiger partial charge in [-0.2, -0.15) is 5.10 Å². The number of anilines is 1. The van der Waals surface area contributed by atoms with E-state index in [2.05, 4.69) is 20.5 Å². The lowest BCUT2D eigenvalue weighted by atomic mass is 10.1. The Kier molecular flexibility index (Phi) is 3.05. The minimum absolute atomic E-state index is 0.240. The van der Waals surface area contributed by atoms with Gasteiger partial charge in [0, 0.05) is 16.5 Å². The lowest BCUT2D eigenvalue weighted by molar-refractivity contribution is 0.102. The number of carbonyl (C=O) groups excluding carboxylic acids is 1. The summed E-state index contributed by atoms with van der Waals surface area (Å²) < 4.78 is 0. The maximum absolute atomic E-state index is 12.6. The molecule has 4 aromatic rings. The first kappa shape index (κ1) is 13.5. The predicted molar refractivity (Wildman–Crippen MR) is 90.5 cm³/mol. The second-order valence-corrected chi connectivity index (χ2v) is 5.40. The third-order valence-corrected chi connectivity index (χ3v) is 3.80. The molecule has 2 aromatic carbocycles. The minimum Gasteiger partial charge on any atom is -0.320 e. The summed E-state index contributed by atoms with van der Waals surface area (Å²) in [5.41, 5.74) is 3.76. The molecule has 2 N–H and O–H groups in total. The van der Waals surface area contributed by atoms with E-state index < -0.39 is 0 Å². The molecule has 0 fully saturated rings. The number of carbonyl (C=O) groups is 1. The number of amides is 1. The van der Waals surface area contributed by atoms with Gasteiger partial charge in [-0.25, -0.2) is 0 Å². The Bertz CT molecular complexity index is 1040. The van der Waals surface area contributed by atoms with Crippen molar-refractivity contribution in [1.82, 2.24) is 15.2 Å². The Morgan fingerprint density at radius 3 is 2.78 bits per heavy atom. The lowest BCUT2D eigenvalue weighted by Crippen LogP contribution is -2.13. The van der Waals surface area contributed by atoms with Crippen molar-refractivity contribution in [1.29, 1.82) is 0 Å². The number of hydrogen-bond donors (Lipinski definition) is 2. The van der Waals surface area contributed by atoms with E-state index in [4.69, 9.17) is 0 Å². The first-order valence-corrected chi connectivity index (χ1v) is 7.33. The predicted octanol–water partition coefficient (Wildman–Crippen LogP) is 3.67. The molecule has 0 saturated carbocycles. The van der Waals surface area contributed by atoms with E-state index in [-0.39, 0.29) is 5.91 Å². The van der Waals surface area contributed by atoms with Crippen LogP contribution in [0.3, 0.4) is 0 Å². The van der Waals surface area contributed by atoms with Gasteiger partial charge < -0.3 is 5.32 Å². The van der Waals surface area contributed by atoms with Gasteiger partial charge in [-0.05, 0) is 37.3 Å². The van der Waals surface area contributed by atoms with Gasteiger partial charge in [0.25, 0.3) is 5.91 Å². The highest BCUT2D eigenvalue weighted by Crippen LogP contribution is 2.23. The first-order chi connectivity index (χ1) is 11.2. The molecule has 2 heterocycles. The van der Waals surface area contributed by atoms with Crippen molar-refractivity contribution in [2.75, 3.05) is 5.32 Å². The Morgan fingerprint density at radius 2 is 1.87 bits per heavy atom. The van der Waals surface area contributed by atoms with Gasteiger partial charge >= 0.3 is 0 Å². The molecule has 0 aliphatic rings. The van der Waals surface area contributed by atoms with E-state index in [1.54, 1.807) is 0 Å². The number of benzene rings is 2. The molecule has 0 saturated heterocycles. The van der Waals surface area contributed by atoms with Crippen molar-refractivity contribution in [3.63, 3.8) is 0 Å². The van der Waals surface area contributed by atoms with Crippen LogP contribution in [-0.2, 0) is 0 Å². The van der Waals surface area contributed by atoms with Crippen LogP contribution in [0, 0.1) is 6.92 Å². The van der Waals surface area contributed by atoms with E-state index >= 15 is 0 Å². The molecule has 23 heavy (non-hydrogen) atoms. The van der Waals surface area contributed by atoms with E-state index in [0.717, 1.165) is 33.2 Å². The molecule has 0 aliphatic heterocycles. The van der Waals surface area contributed by atoms with E-state index in [1.165, 1.54) is 0 Å². The number of hydrogen-bond acceptors (Lipinski definition) is 3. The number of aromatic amines is 1. The number of H-pyrrole nitrogens is 1. The Hall–Kier alpha value is -3.21. The van der Waals surface area contributed by atoms with Crippen molar-refractivity contribution < 1.29 is 4.79 Å². The van der Waals surface area contributed by atoms with Crippen LogP contribution in [0.25, 0.3) is 21.8 Å². The number of fused-ring (bicyclic) bond motifs is 2. The highest BCUT2D eigenvalue weighted by atomic mass is 16.1. The fourth-order valence-corrected chi connectivity index (χ4v) is 2.68. The SMILES string of the molecule is Cc1ccc2c(NC(=O)c3n[nH]c4ccccc34)cccc2n1. The molecule has 5 nitrogen and oxygen atoms in total. The molecule has 112 valence electrons. The molecule has 0 atom stereocenters. The van der Waals surface area contributed by atoms with Crippen LogP contribution in [0.4, 0.5) is 5.69 Å². The quantitative estimate of drug-likeness (QED) is 0.593. The molecule has 0 aliphatic carbocycles. The van der Waals surface area contributed by atoms with Crippen LogP contribution in [0.5, 0.6) is 0 Å². The van der Waals surface area contributed by atoms with Gasteiger partial charge in [0.1, 0.15) is 0 Å². The van der Waals surface area contributed by atoms with Crippen LogP contribution in [0.15, 0.2) is 54.6 Å². The number of pyridine rings is 1. The molecule has 0 spiro atoms. The fraction of sp³-hybridized carbons (Fsp3) is 0.0556. The minimum atomic E-state index is -0.240. The molecule has 1 amide bonds. The second kappa shape index (κ2) is 5.21. The van der Waals surface area contributed by atoms with E-state index in [9.17, 15) is 4.79 Å². The zero-order valence-electron chi connectivity index (χ0n) is 12.5. The zero-order chi connectivity index (χ0) is 15.8. The van der Waals surface area contributed by atoms with Crippen molar-refractivity contribution in [3.05, 3.63) is 66.0 Å². The van der Waals surface area contributed by atoms with Crippen molar-refractivity contribution in [2.24, 2.45) is 0 Å². The average Bonchev–Trinajstić information content (AvgIpc) is 2.99.